The van der Waals surface area contributed by atoms with Gasteiger partial charge in [0.05, 0.1) is 0 Å². The van der Waals surface area contributed by atoms with Gasteiger partial charge in [-0.25, -0.2) is 0 Å². The molecule has 1 aromatic carbocycles. The van der Waals surface area contributed by atoms with Gasteiger partial charge in [0.2, 0.25) is 0 Å². The second-order valence-corrected chi connectivity index (χ2v) is 5.03. The monoisotopic (exact) mass is 323 g/mol. The summed E-state index contributed by atoms with van der Waals surface area (Å²) in [6.07, 6.45) is 3.23. The van der Waals surface area contributed by atoms with Crippen LogP contribution < -0.4 is 10.6 Å². The standard InChI is InChI=1S/C14H11Cl2N3O2/c15-10-4-11(16)6-12(5-10)19-14(21)13(20)18-8-9-2-1-3-17-7-9/h1-7H,8H2,(H,18,20)(H,19,21). The first kappa shape index (κ1) is 15.3. The number of halogens is 2. The lowest BCUT2D eigenvalue weighted by Crippen LogP contribution is -2.34. The smallest absolute Gasteiger partial charge is 0.313 e. The maximum absolute atomic E-state index is 11.7. The fraction of sp³-hybridized carbons (Fsp3) is 0.0714. The van der Waals surface area contributed by atoms with Crippen molar-refractivity contribution in [3.63, 3.8) is 0 Å². The van der Waals surface area contributed by atoms with Crippen LogP contribution >= 0.6 is 23.2 Å². The van der Waals surface area contributed by atoms with E-state index >= 15 is 0 Å². The number of rotatable bonds is 3. The molecule has 0 atom stereocenters. The lowest BCUT2D eigenvalue weighted by atomic mass is 10.3. The molecular formula is C14H11Cl2N3O2. The third-order valence-electron chi connectivity index (χ3n) is 2.50. The predicted molar refractivity (Wildman–Crippen MR) is 81.2 cm³/mol. The molecular weight excluding hydrogens is 313 g/mol. The van der Waals surface area contributed by atoms with Crippen LogP contribution in [-0.2, 0) is 16.1 Å². The van der Waals surface area contributed by atoms with Gasteiger partial charge in [0.1, 0.15) is 0 Å². The minimum Gasteiger partial charge on any atom is -0.344 e. The van der Waals surface area contributed by atoms with Crippen LogP contribution in [-0.4, -0.2) is 16.8 Å². The molecule has 21 heavy (non-hydrogen) atoms. The van der Waals surface area contributed by atoms with Crippen molar-refractivity contribution in [3.8, 4) is 0 Å². The van der Waals surface area contributed by atoms with Crippen LogP contribution in [0.15, 0.2) is 42.7 Å². The van der Waals surface area contributed by atoms with E-state index in [0.717, 1.165) is 5.56 Å². The molecule has 2 aromatic rings. The Bertz CT molecular complexity index is 642. The highest BCUT2D eigenvalue weighted by atomic mass is 35.5. The summed E-state index contributed by atoms with van der Waals surface area (Å²) in [6.45, 7) is 0.219. The molecule has 7 heteroatoms. The SMILES string of the molecule is O=C(NCc1cccnc1)C(=O)Nc1cc(Cl)cc(Cl)c1. The molecule has 0 aliphatic carbocycles. The van der Waals surface area contributed by atoms with Crippen LogP contribution in [0, 0.1) is 0 Å². The van der Waals surface area contributed by atoms with Gasteiger partial charge in [-0.2, -0.15) is 0 Å². The fourth-order valence-corrected chi connectivity index (χ4v) is 2.11. The number of anilines is 1. The van der Waals surface area contributed by atoms with Gasteiger partial charge in [0, 0.05) is 34.7 Å². The molecule has 0 aliphatic heterocycles. The van der Waals surface area contributed by atoms with Gasteiger partial charge in [-0.05, 0) is 29.8 Å². The lowest BCUT2D eigenvalue weighted by Gasteiger charge is -2.07. The predicted octanol–water partition coefficient (Wildman–Crippen LogP) is 2.64. The van der Waals surface area contributed by atoms with Crippen molar-refractivity contribution in [1.29, 1.82) is 0 Å². The zero-order valence-electron chi connectivity index (χ0n) is 10.8. The Morgan fingerprint density at radius 2 is 1.81 bits per heavy atom. The van der Waals surface area contributed by atoms with Gasteiger partial charge < -0.3 is 10.6 Å². The molecule has 0 aliphatic rings. The number of nitrogens with one attached hydrogen (secondary N) is 2. The minimum atomic E-state index is -0.794. The van der Waals surface area contributed by atoms with E-state index in [1.165, 1.54) is 18.2 Å². The Kier molecular flexibility index (Phi) is 5.14. The average Bonchev–Trinajstić information content (AvgIpc) is 2.44. The molecule has 108 valence electrons. The van der Waals surface area contributed by atoms with Crippen molar-refractivity contribution < 1.29 is 9.59 Å². The summed E-state index contributed by atoms with van der Waals surface area (Å²) in [5, 5.41) is 5.65. The number of pyridine rings is 1. The van der Waals surface area contributed by atoms with E-state index in [0.29, 0.717) is 15.7 Å². The maximum Gasteiger partial charge on any atom is 0.313 e. The van der Waals surface area contributed by atoms with E-state index in [-0.39, 0.29) is 6.54 Å². The van der Waals surface area contributed by atoms with Gasteiger partial charge in [-0.1, -0.05) is 29.3 Å². The number of hydrogen-bond acceptors (Lipinski definition) is 3. The average molecular weight is 324 g/mol. The first-order valence-electron chi connectivity index (χ1n) is 5.99. The van der Waals surface area contributed by atoms with Crippen molar-refractivity contribution in [3.05, 3.63) is 58.3 Å². The molecule has 0 fully saturated rings. The number of nitrogens with zero attached hydrogens (tertiary/aromatic N) is 1. The molecule has 2 N–H and O–H groups in total. The van der Waals surface area contributed by atoms with Crippen LogP contribution in [0.5, 0.6) is 0 Å². The Morgan fingerprint density at radius 1 is 1.10 bits per heavy atom. The zero-order valence-corrected chi connectivity index (χ0v) is 12.3. The highest BCUT2D eigenvalue weighted by Gasteiger charge is 2.13. The summed E-state index contributed by atoms with van der Waals surface area (Å²) in [5.41, 5.74) is 1.15. The lowest BCUT2D eigenvalue weighted by molar-refractivity contribution is -0.136. The molecule has 0 saturated carbocycles. The minimum absolute atomic E-state index is 0.219. The van der Waals surface area contributed by atoms with Gasteiger partial charge in [0.15, 0.2) is 0 Å². The molecule has 0 saturated heterocycles. The molecule has 0 spiro atoms. The van der Waals surface area contributed by atoms with Crippen molar-refractivity contribution in [1.82, 2.24) is 10.3 Å². The van der Waals surface area contributed by atoms with E-state index in [4.69, 9.17) is 23.2 Å². The normalized spacial score (nSPS) is 10.0. The second kappa shape index (κ2) is 7.06. The van der Waals surface area contributed by atoms with Crippen molar-refractivity contribution in [2.24, 2.45) is 0 Å². The van der Waals surface area contributed by atoms with Crippen molar-refractivity contribution in [2.75, 3.05) is 5.32 Å². The summed E-state index contributed by atoms with van der Waals surface area (Å²) < 4.78 is 0. The van der Waals surface area contributed by atoms with Gasteiger partial charge in [-0.15, -0.1) is 0 Å². The van der Waals surface area contributed by atoms with E-state index < -0.39 is 11.8 Å². The van der Waals surface area contributed by atoms with Crippen LogP contribution in [0.25, 0.3) is 0 Å². The fourth-order valence-electron chi connectivity index (χ4n) is 1.58. The summed E-state index contributed by atoms with van der Waals surface area (Å²) in [6, 6.07) is 8.07. The zero-order chi connectivity index (χ0) is 15.2. The second-order valence-electron chi connectivity index (χ2n) is 4.16. The molecule has 0 radical (unpaired) electrons. The number of carbonyl (C=O) groups is 2. The molecule has 2 rings (SSSR count). The Morgan fingerprint density at radius 3 is 2.43 bits per heavy atom. The molecule has 1 aromatic heterocycles. The Labute approximate surface area is 131 Å². The first-order chi connectivity index (χ1) is 10.0. The maximum atomic E-state index is 11.7. The van der Waals surface area contributed by atoms with E-state index in [9.17, 15) is 9.59 Å². The number of amides is 2. The number of aromatic nitrogens is 1. The molecule has 2 amide bonds. The van der Waals surface area contributed by atoms with E-state index in [2.05, 4.69) is 15.6 Å². The molecule has 1 heterocycles. The molecule has 5 nitrogen and oxygen atoms in total. The largest absolute Gasteiger partial charge is 0.344 e. The van der Waals surface area contributed by atoms with Gasteiger partial charge in [-0.3, -0.25) is 14.6 Å². The number of carbonyl (C=O) groups excluding carboxylic acids is 2. The third-order valence-corrected chi connectivity index (χ3v) is 2.94. The van der Waals surface area contributed by atoms with Crippen molar-refractivity contribution in [2.45, 2.75) is 6.54 Å². The van der Waals surface area contributed by atoms with Crippen molar-refractivity contribution >= 4 is 40.7 Å². The third kappa shape index (κ3) is 4.73. The highest BCUT2D eigenvalue weighted by Crippen LogP contribution is 2.22. The number of hydrogen-bond donors (Lipinski definition) is 2. The van der Waals surface area contributed by atoms with Crippen LogP contribution in [0.2, 0.25) is 10.0 Å². The van der Waals surface area contributed by atoms with E-state index in [1.807, 2.05) is 0 Å². The van der Waals surface area contributed by atoms with Crippen LogP contribution in [0.1, 0.15) is 5.56 Å². The number of benzene rings is 1. The molecule has 0 unspecified atom stereocenters. The quantitative estimate of drug-likeness (QED) is 0.853. The van der Waals surface area contributed by atoms with Crippen LogP contribution in [0.3, 0.4) is 0 Å². The summed E-state index contributed by atoms with van der Waals surface area (Å²) in [7, 11) is 0. The summed E-state index contributed by atoms with van der Waals surface area (Å²) in [4.78, 5) is 27.3. The summed E-state index contributed by atoms with van der Waals surface area (Å²) in [5.74, 6) is -1.55. The topological polar surface area (TPSA) is 71.1 Å². The van der Waals surface area contributed by atoms with Crippen LogP contribution in [0.4, 0.5) is 5.69 Å². The van der Waals surface area contributed by atoms with E-state index in [1.54, 1.807) is 24.5 Å². The van der Waals surface area contributed by atoms with Gasteiger partial charge in [0.25, 0.3) is 0 Å². The first-order valence-corrected chi connectivity index (χ1v) is 6.74. The van der Waals surface area contributed by atoms with Gasteiger partial charge >= 0.3 is 11.8 Å². The summed E-state index contributed by atoms with van der Waals surface area (Å²) >= 11 is 11.6. The highest BCUT2D eigenvalue weighted by molar-refractivity contribution is 6.40. The Balaban J connectivity index is 1.92. The Hall–Kier alpha value is -2.11. The molecule has 0 bridgehead atoms.